The zero-order valence-corrected chi connectivity index (χ0v) is 19.2. The fourth-order valence-electron chi connectivity index (χ4n) is 3.74. The molecule has 186 valence electrons. The van der Waals surface area contributed by atoms with Crippen LogP contribution in [0.2, 0.25) is 0 Å². The van der Waals surface area contributed by atoms with Gasteiger partial charge < -0.3 is 29.2 Å². The molecule has 12 heteroatoms. The summed E-state index contributed by atoms with van der Waals surface area (Å²) in [4.78, 5) is 48.9. The molecule has 0 radical (unpaired) electrons. The van der Waals surface area contributed by atoms with Gasteiger partial charge in [-0.15, -0.1) is 0 Å². The maximum absolute atomic E-state index is 13.1. The highest BCUT2D eigenvalue weighted by Crippen LogP contribution is 2.38. The Hall–Kier alpha value is -4.19. The molecular weight excluding hydrogens is 462 g/mol. The molecule has 2 unspecified atom stereocenters. The monoisotopic (exact) mass is 487 g/mol. The second-order valence-electron chi connectivity index (χ2n) is 7.89. The summed E-state index contributed by atoms with van der Waals surface area (Å²) >= 11 is 0. The number of non-ortho nitro benzene ring substituents is 1. The lowest BCUT2D eigenvalue weighted by Crippen LogP contribution is -2.70. The number of esters is 2. The van der Waals surface area contributed by atoms with Crippen LogP contribution in [0.15, 0.2) is 58.9 Å². The number of amides is 1. The molecule has 1 aromatic carbocycles. The largest absolute Gasteiger partial charge is 0.467 e. The van der Waals surface area contributed by atoms with Crippen LogP contribution >= 0.6 is 0 Å². The number of likely N-dealkylation sites (tertiary alicyclic amines) is 1. The molecule has 0 saturated carbocycles. The van der Waals surface area contributed by atoms with Crippen molar-refractivity contribution in [3.63, 3.8) is 0 Å². The molecular formula is C23H25N3O9. The lowest BCUT2D eigenvalue weighted by molar-refractivity contribution is -0.384. The van der Waals surface area contributed by atoms with Crippen LogP contribution in [-0.4, -0.2) is 58.1 Å². The third-order valence-corrected chi connectivity index (χ3v) is 5.42. The van der Waals surface area contributed by atoms with Gasteiger partial charge in [0.25, 0.3) is 5.69 Å². The molecule has 4 atom stereocenters. The van der Waals surface area contributed by atoms with E-state index in [4.69, 9.17) is 9.15 Å². The van der Waals surface area contributed by atoms with Gasteiger partial charge in [-0.2, -0.15) is 0 Å². The Morgan fingerprint density at radius 3 is 2.54 bits per heavy atom. The second-order valence-corrected chi connectivity index (χ2v) is 7.89. The maximum atomic E-state index is 13.1. The minimum atomic E-state index is -1.35. The van der Waals surface area contributed by atoms with Gasteiger partial charge in [-0.25, -0.2) is 9.59 Å². The van der Waals surface area contributed by atoms with E-state index >= 15 is 0 Å². The van der Waals surface area contributed by atoms with Crippen molar-refractivity contribution in [3.8, 4) is 0 Å². The highest BCUT2D eigenvalue weighted by Gasteiger charge is 2.55. The quantitative estimate of drug-likeness (QED) is 0.165. The molecule has 12 nitrogen and oxygen atoms in total. The molecule has 1 saturated heterocycles. The molecule has 1 aliphatic rings. The summed E-state index contributed by atoms with van der Waals surface area (Å²) in [5.74, 6) is -1.61. The lowest BCUT2D eigenvalue weighted by atomic mass is 9.88. The molecule has 2 aromatic rings. The number of rotatable bonds is 10. The van der Waals surface area contributed by atoms with Crippen LogP contribution in [0.4, 0.5) is 5.69 Å². The highest BCUT2D eigenvalue weighted by molar-refractivity contribution is 5.94. The van der Waals surface area contributed by atoms with Crippen molar-refractivity contribution >= 4 is 23.5 Å². The lowest BCUT2D eigenvalue weighted by Gasteiger charge is -2.50. The first-order chi connectivity index (χ1) is 16.6. The van der Waals surface area contributed by atoms with E-state index in [-0.39, 0.29) is 12.3 Å². The summed E-state index contributed by atoms with van der Waals surface area (Å²) in [7, 11) is 1.23. The number of ether oxygens (including phenoxy) is 2. The topological polar surface area (TPSA) is 161 Å². The van der Waals surface area contributed by atoms with E-state index in [0.29, 0.717) is 17.0 Å². The minimum Gasteiger partial charge on any atom is -0.467 e. The van der Waals surface area contributed by atoms with Crippen molar-refractivity contribution in [2.24, 2.45) is 0 Å². The van der Waals surface area contributed by atoms with E-state index in [1.807, 2.05) is 0 Å². The van der Waals surface area contributed by atoms with Crippen LogP contribution in [0.3, 0.4) is 0 Å². The van der Waals surface area contributed by atoms with E-state index in [0.717, 1.165) is 0 Å². The fourth-order valence-corrected chi connectivity index (χ4v) is 3.74. The summed E-state index contributed by atoms with van der Waals surface area (Å²) in [6.07, 6.45) is 1.31. The zero-order valence-electron chi connectivity index (χ0n) is 19.2. The minimum absolute atomic E-state index is 0.107. The fraction of sp³-hybridized carbons (Fsp3) is 0.348. The average Bonchev–Trinajstić information content (AvgIpc) is 3.35. The van der Waals surface area contributed by atoms with Gasteiger partial charge in [-0.3, -0.25) is 14.9 Å². The van der Waals surface area contributed by atoms with Crippen molar-refractivity contribution in [2.45, 2.75) is 44.7 Å². The molecule has 2 heterocycles. The number of β-lactam (4-membered cyclic amide) rings is 1. The Balaban J connectivity index is 1.78. The number of carbonyl (C=O) groups excluding carboxylic acids is 3. The second kappa shape index (κ2) is 10.8. The molecule has 1 fully saturated rings. The average molecular weight is 487 g/mol. The molecule has 1 aliphatic heterocycles. The number of aliphatic hydroxyl groups is 1. The zero-order chi connectivity index (χ0) is 25.7. The number of benzene rings is 1. The number of nitro benzene ring substituents is 1. The Morgan fingerprint density at radius 1 is 1.31 bits per heavy atom. The van der Waals surface area contributed by atoms with Crippen LogP contribution in [0, 0.1) is 10.1 Å². The van der Waals surface area contributed by atoms with Gasteiger partial charge in [0.1, 0.15) is 24.5 Å². The number of carbonyl (C=O) groups is 3. The Morgan fingerprint density at radius 2 is 2.00 bits per heavy atom. The third-order valence-electron chi connectivity index (χ3n) is 5.42. The van der Waals surface area contributed by atoms with Crippen LogP contribution < -0.4 is 5.32 Å². The SMILES string of the molecule is COC(=O)C=C(C)N[C@H]1C(=O)N(C(C(=O)OCc2ccc([N+](=O)[O-])cc2)C(C)O)[C@H]1c1ccco1. The van der Waals surface area contributed by atoms with E-state index in [1.165, 1.54) is 55.5 Å². The molecule has 0 spiro atoms. The van der Waals surface area contributed by atoms with E-state index in [2.05, 4.69) is 10.1 Å². The van der Waals surface area contributed by atoms with Gasteiger partial charge in [0.2, 0.25) is 5.91 Å². The van der Waals surface area contributed by atoms with Crippen LogP contribution in [0.5, 0.6) is 0 Å². The van der Waals surface area contributed by atoms with E-state index in [1.54, 1.807) is 19.1 Å². The predicted molar refractivity (Wildman–Crippen MR) is 119 cm³/mol. The standard InChI is InChI=1S/C23H25N3O9/c1-13(11-18(28)33-3)24-19-21(17-5-4-10-34-17)25(22(19)29)20(14(2)27)23(30)35-12-15-6-8-16(9-7-15)26(31)32/h4-11,14,19-21,24,27H,12H2,1-3H3/t14?,19-,20?,21+/m1/s1. The van der Waals surface area contributed by atoms with E-state index in [9.17, 15) is 29.6 Å². The number of hydrogen-bond acceptors (Lipinski definition) is 10. The number of methoxy groups -OCH3 is 1. The smallest absolute Gasteiger partial charge is 0.332 e. The maximum Gasteiger partial charge on any atom is 0.332 e. The first-order valence-electron chi connectivity index (χ1n) is 10.6. The van der Waals surface area contributed by atoms with Gasteiger partial charge in [-0.05, 0) is 43.7 Å². The summed E-state index contributed by atoms with van der Waals surface area (Å²) in [5, 5.41) is 24.1. The van der Waals surface area contributed by atoms with Crippen molar-refractivity contribution in [3.05, 3.63) is 75.9 Å². The predicted octanol–water partition coefficient (Wildman–Crippen LogP) is 1.60. The molecule has 1 aromatic heterocycles. The molecule has 0 aliphatic carbocycles. The van der Waals surface area contributed by atoms with Crippen molar-refractivity contribution in [1.29, 1.82) is 0 Å². The highest BCUT2D eigenvalue weighted by atomic mass is 16.6. The normalized spacial score (nSPS) is 19.4. The van der Waals surface area contributed by atoms with Crippen LogP contribution in [0.1, 0.15) is 31.2 Å². The summed E-state index contributed by atoms with van der Waals surface area (Å²) < 4.78 is 15.4. The summed E-state index contributed by atoms with van der Waals surface area (Å²) in [6.45, 7) is 2.72. The van der Waals surface area contributed by atoms with Gasteiger partial charge >= 0.3 is 11.9 Å². The van der Waals surface area contributed by atoms with Crippen molar-refractivity contribution in [1.82, 2.24) is 10.2 Å². The van der Waals surface area contributed by atoms with Crippen LogP contribution in [0.25, 0.3) is 0 Å². The van der Waals surface area contributed by atoms with Crippen molar-refractivity contribution < 1.29 is 38.3 Å². The van der Waals surface area contributed by atoms with Crippen molar-refractivity contribution in [2.75, 3.05) is 7.11 Å². The summed E-state index contributed by atoms with van der Waals surface area (Å²) in [6, 6.07) is 5.70. The molecule has 3 rings (SSSR count). The Labute approximate surface area is 200 Å². The molecule has 35 heavy (non-hydrogen) atoms. The van der Waals surface area contributed by atoms with Gasteiger partial charge in [0.05, 0.1) is 24.4 Å². The molecule has 1 amide bonds. The Kier molecular flexibility index (Phi) is 7.87. The molecule has 2 N–H and O–H groups in total. The third kappa shape index (κ3) is 5.66. The van der Waals surface area contributed by atoms with Gasteiger partial charge in [0, 0.05) is 23.9 Å². The number of nitrogens with one attached hydrogen (secondary N) is 1. The number of nitro groups is 1. The number of allylic oxidation sites excluding steroid dienone is 1. The summed E-state index contributed by atoms with van der Waals surface area (Å²) in [5.41, 5.74) is 0.749. The Bertz CT molecular complexity index is 1110. The number of furan rings is 1. The van der Waals surface area contributed by atoms with Crippen LogP contribution in [-0.2, 0) is 30.5 Å². The first kappa shape index (κ1) is 25.4. The number of hydrogen-bond donors (Lipinski definition) is 2. The number of aliphatic hydroxyl groups excluding tert-OH is 1. The first-order valence-corrected chi connectivity index (χ1v) is 10.6. The molecule has 0 bridgehead atoms. The van der Waals surface area contributed by atoms with Gasteiger partial charge in [0.15, 0.2) is 6.04 Å². The van der Waals surface area contributed by atoms with E-state index < -0.39 is 47.0 Å². The number of nitrogens with zero attached hydrogens (tertiary/aromatic N) is 2. The van der Waals surface area contributed by atoms with Gasteiger partial charge in [-0.1, -0.05) is 0 Å².